The number of halogens is 2. The third-order valence-corrected chi connectivity index (χ3v) is 3.69. The zero-order chi connectivity index (χ0) is 18.6. The van der Waals surface area contributed by atoms with Crippen LogP contribution in [0.15, 0.2) is 18.2 Å². The van der Waals surface area contributed by atoms with Crippen LogP contribution in [0.5, 0.6) is 0 Å². The molecule has 0 bridgehead atoms. The highest BCUT2D eigenvalue weighted by molar-refractivity contribution is 5.82. The molecule has 0 saturated carbocycles. The molecule has 1 fully saturated rings. The lowest BCUT2D eigenvalue weighted by Crippen LogP contribution is -2.51. The van der Waals surface area contributed by atoms with E-state index in [1.54, 1.807) is 30.6 Å². The number of rotatable bonds is 3. The van der Waals surface area contributed by atoms with E-state index in [1.807, 2.05) is 0 Å². The van der Waals surface area contributed by atoms with Crippen molar-refractivity contribution in [3.63, 3.8) is 0 Å². The first-order valence-electron chi connectivity index (χ1n) is 8.11. The molecule has 1 aliphatic rings. The standard InChI is InChI=1S/C17H23F2N3O3/c1-17(2,3)25-16(24)20-11-14(23)22-9-7-21(8-10-22)13-6-4-5-12(18)15(13)19/h4-6H,7-11H2,1-3H3,(H,20,24). The van der Waals surface area contributed by atoms with Crippen LogP contribution >= 0.6 is 0 Å². The summed E-state index contributed by atoms with van der Waals surface area (Å²) in [5.41, 5.74) is -0.438. The van der Waals surface area contributed by atoms with E-state index in [9.17, 15) is 18.4 Å². The summed E-state index contributed by atoms with van der Waals surface area (Å²) >= 11 is 0. The number of anilines is 1. The molecule has 0 spiro atoms. The summed E-state index contributed by atoms with van der Waals surface area (Å²) in [6.45, 7) is 6.55. The summed E-state index contributed by atoms with van der Waals surface area (Å²) in [6.07, 6.45) is -0.652. The van der Waals surface area contributed by atoms with Gasteiger partial charge in [-0.05, 0) is 32.9 Å². The van der Waals surface area contributed by atoms with Crippen molar-refractivity contribution in [1.82, 2.24) is 10.2 Å². The summed E-state index contributed by atoms with van der Waals surface area (Å²) in [5, 5.41) is 2.42. The maximum absolute atomic E-state index is 13.8. The van der Waals surface area contributed by atoms with Gasteiger partial charge in [0.15, 0.2) is 11.6 Å². The Morgan fingerprint density at radius 1 is 1.16 bits per heavy atom. The number of amides is 2. The Morgan fingerprint density at radius 3 is 2.40 bits per heavy atom. The van der Waals surface area contributed by atoms with Gasteiger partial charge < -0.3 is 19.9 Å². The summed E-state index contributed by atoms with van der Waals surface area (Å²) in [5.74, 6) is -2.02. The topological polar surface area (TPSA) is 61.9 Å². The van der Waals surface area contributed by atoms with E-state index in [0.717, 1.165) is 6.07 Å². The van der Waals surface area contributed by atoms with Crippen LogP contribution in [0.4, 0.5) is 19.3 Å². The van der Waals surface area contributed by atoms with Crippen LogP contribution in [0, 0.1) is 11.6 Å². The van der Waals surface area contributed by atoms with Gasteiger partial charge in [0.05, 0.1) is 5.69 Å². The normalized spacial score (nSPS) is 15.1. The van der Waals surface area contributed by atoms with Crippen molar-refractivity contribution < 1.29 is 23.1 Å². The summed E-state index contributed by atoms with van der Waals surface area (Å²) < 4.78 is 32.2. The second-order valence-corrected chi connectivity index (χ2v) is 6.80. The number of carbonyl (C=O) groups excluding carboxylic acids is 2. The van der Waals surface area contributed by atoms with E-state index in [2.05, 4.69) is 5.32 Å². The molecule has 138 valence electrons. The number of nitrogens with zero attached hydrogens (tertiary/aromatic N) is 2. The number of hydrogen-bond donors (Lipinski definition) is 1. The minimum Gasteiger partial charge on any atom is -0.444 e. The van der Waals surface area contributed by atoms with Gasteiger partial charge in [0, 0.05) is 26.2 Å². The fourth-order valence-electron chi connectivity index (χ4n) is 2.51. The van der Waals surface area contributed by atoms with Crippen molar-refractivity contribution in [1.29, 1.82) is 0 Å². The van der Waals surface area contributed by atoms with E-state index in [0.29, 0.717) is 26.2 Å². The van der Waals surface area contributed by atoms with Gasteiger partial charge in [-0.1, -0.05) is 6.07 Å². The second-order valence-electron chi connectivity index (χ2n) is 6.80. The largest absolute Gasteiger partial charge is 0.444 e. The molecule has 1 aromatic carbocycles. The predicted octanol–water partition coefficient (Wildman–Crippen LogP) is 2.14. The van der Waals surface area contributed by atoms with Crippen molar-refractivity contribution in [3.05, 3.63) is 29.8 Å². The quantitative estimate of drug-likeness (QED) is 0.902. The van der Waals surface area contributed by atoms with E-state index in [1.165, 1.54) is 12.1 Å². The molecular weight excluding hydrogens is 332 g/mol. The van der Waals surface area contributed by atoms with Crippen molar-refractivity contribution in [2.45, 2.75) is 26.4 Å². The number of hydrogen-bond acceptors (Lipinski definition) is 4. The third kappa shape index (κ3) is 5.30. The van der Waals surface area contributed by atoms with Crippen molar-refractivity contribution in [2.75, 3.05) is 37.6 Å². The average molecular weight is 355 g/mol. The smallest absolute Gasteiger partial charge is 0.408 e. The molecule has 8 heteroatoms. The molecule has 1 saturated heterocycles. The van der Waals surface area contributed by atoms with Crippen LogP contribution in [0.2, 0.25) is 0 Å². The van der Waals surface area contributed by atoms with Gasteiger partial charge in [0.1, 0.15) is 12.1 Å². The van der Waals surface area contributed by atoms with Crippen LogP contribution < -0.4 is 10.2 Å². The monoisotopic (exact) mass is 355 g/mol. The van der Waals surface area contributed by atoms with Crippen LogP contribution in [-0.2, 0) is 9.53 Å². The maximum atomic E-state index is 13.8. The maximum Gasteiger partial charge on any atom is 0.408 e. The fraction of sp³-hybridized carbons (Fsp3) is 0.529. The second kappa shape index (κ2) is 7.67. The first-order valence-corrected chi connectivity index (χ1v) is 8.11. The van der Waals surface area contributed by atoms with Crippen molar-refractivity contribution in [2.24, 2.45) is 0 Å². The molecule has 1 heterocycles. The Kier molecular flexibility index (Phi) is 5.81. The Labute approximate surface area is 145 Å². The molecule has 6 nitrogen and oxygen atoms in total. The predicted molar refractivity (Wildman–Crippen MR) is 89.4 cm³/mol. The minimum absolute atomic E-state index is 0.163. The van der Waals surface area contributed by atoms with Gasteiger partial charge in [-0.2, -0.15) is 0 Å². The minimum atomic E-state index is -0.891. The van der Waals surface area contributed by atoms with Gasteiger partial charge >= 0.3 is 6.09 Å². The van der Waals surface area contributed by atoms with Gasteiger partial charge in [-0.15, -0.1) is 0 Å². The molecule has 1 aliphatic heterocycles. The molecule has 0 atom stereocenters. The first kappa shape index (κ1) is 19.0. The fourth-order valence-corrected chi connectivity index (χ4v) is 2.51. The number of carbonyl (C=O) groups is 2. The van der Waals surface area contributed by atoms with E-state index in [4.69, 9.17) is 4.74 Å². The zero-order valence-electron chi connectivity index (χ0n) is 14.6. The van der Waals surface area contributed by atoms with Crippen LogP contribution in [0.3, 0.4) is 0 Å². The Balaban J connectivity index is 1.82. The molecule has 1 N–H and O–H groups in total. The van der Waals surface area contributed by atoms with Crippen LogP contribution in [-0.4, -0.2) is 55.2 Å². The number of nitrogens with one attached hydrogen (secondary N) is 1. The Bertz CT molecular complexity index is 639. The van der Waals surface area contributed by atoms with Gasteiger partial charge in [-0.25, -0.2) is 13.6 Å². The van der Waals surface area contributed by atoms with Crippen LogP contribution in [0.1, 0.15) is 20.8 Å². The molecular formula is C17H23F2N3O3. The number of alkyl carbamates (subject to hydrolysis) is 1. The molecule has 2 amide bonds. The summed E-state index contributed by atoms with van der Waals surface area (Å²) in [6, 6.07) is 4.04. The molecule has 0 aliphatic carbocycles. The highest BCUT2D eigenvalue weighted by Crippen LogP contribution is 2.22. The van der Waals surface area contributed by atoms with Gasteiger partial charge in [0.25, 0.3) is 0 Å². The number of piperazine rings is 1. The van der Waals surface area contributed by atoms with E-state index in [-0.39, 0.29) is 18.1 Å². The number of benzene rings is 1. The molecule has 0 radical (unpaired) electrons. The SMILES string of the molecule is CC(C)(C)OC(=O)NCC(=O)N1CCN(c2cccc(F)c2F)CC1. The van der Waals surface area contributed by atoms with E-state index >= 15 is 0 Å². The lowest BCUT2D eigenvalue weighted by molar-refractivity contribution is -0.130. The molecule has 0 aromatic heterocycles. The zero-order valence-corrected chi connectivity index (χ0v) is 14.6. The summed E-state index contributed by atoms with van der Waals surface area (Å²) in [4.78, 5) is 27.0. The summed E-state index contributed by atoms with van der Waals surface area (Å²) in [7, 11) is 0. The lowest BCUT2D eigenvalue weighted by Gasteiger charge is -2.36. The molecule has 2 rings (SSSR count). The lowest BCUT2D eigenvalue weighted by atomic mass is 10.2. The Morgan fingerprint density at radius 2 is 1.80 bits per heavy atom. The highest BCUT2D eigenvalue weighted by Gasteiger charge is 2.24. The number of ether oxygens (including phenoxy) is 1. The van der Waals surface area contributed by atoms with Gasteiger partial charge in [-0.3, -0.25) is 4.79 Å². The first-order chi connectivity index (χ1) is 11.7. The van der Waals surface area contributed by atoms with Crippen molar-refractivity contribution in [3.8, 4) is 0 Å². The van der Waals surface area contributed by atoms with Crippen LogP contribution in [0.25, 0.3) is 0 Å². The highest BCUT2D eigenvalue weighted by atomic mass is 19.2. The van der Waals surface area contributed by atoms with Crippen molar-refractivity contribution >= 4 is 17.7 Å². The van der Waals surface area contributed by atoms with E-state index < -0.39 is 23.3 Å². The average Bonchev–Trinajstić information content (AvgIpc) is 2.54. The van der Waals surface area contributed by atoms with Gasteiger partial charge in [0.2, 0.25) is 5.91 Å². The molecule has 0 unspecified atom stereocenters. The molecule has 1 aromatic rings. The molecule has 25 heavy (non-hydrogen) atoms. The third-order valence-electron chi connectivity index (χ3n) is 3.69. The Hall–Kier alpha value is -2.38.